The molecule has 2 heterocycles. The van der Waals surface area contributed by atoms with E-state index in [2.05, 4.69) is 20.4 Å². The number of hydrogen-bond acceptors (Lipinski definition) is 6. The molecule has 142 valence electrons. The number of fused-ring (bicyclic) bond motifs is 1. The van der Waals surface area contributed by atoms with Crippen molar-refractivity contribution in [3.63, 3.8) is 0 Å². The number of hydrogen-bond donors (Lipinski definition) is 1. The lowest BCUT2D eigenvalue weighted by Crippen LogP contribution is -2.11. The molecule has 0 unspecified atom stereocenters. The summed E-state index contributed by atoms with van der Waals surface area (Å²) in [5.74, 6) is 0.981. The van der Waals surface area contributed by atoms with E-state index in [9.17, 15) is 9.18 Å². The molecule has 2 aromatic heterocycles. The first-order valence-electron chi connectivity index (χ1n) is 8.82. The molecule has 0 saturated carbocycles. The Hall–Kier alpha value is -3.55. The normalized spacial score (nSPS) is 11.1. The summed E-state index contributed by atoms with van der Waals surface area (Å²) in [5, 5.41) is 6.73. The third kappa shape index (κ3) is 4.06. The quantitative estimate of drug-likeness (QED) is 0.536. The standard InChI is InChI=1S/C20H17FN4O3/c1-12-22-16-11-15(9-10-17(16)27-12)23-18(26)3-2-4-19-24-20(25-28-19)13-5-7-14(21)8-6-13/h5-11H,2-4H2,1H3,(H,23,26). The molecule has 1 N–H and O–H groups in total. The number of nitrogens with zero attached hydrogens (tertiary/aromatic N) is 3. The minimum Gasteiger partial charge on any atom is -0.441 e. The van der Waals surface area contributed by atoms with E-state index in [1.165, 1.54) is 12.1 Å². The Labute approximate surface area is 159 Å². The summed E-state index contributed by atoms with van der Waals surface area (Å²) >= 11 is 0. The second-order valence-electron chi connectivity index (χ2n) is 6.34. The fraction of sp³-hybridized carbons (Fsp3) is 0.200. The van der Waals surface area contributed by atoms with Crippen molar-refractivity contribution >= 4 is 22.7 Å². The van der Waals surface area contributed by atoms with Crippen molar-refractivity contribution in [2.24, 2.45) is 0 Å². The van der Waals surface area contributed by atoms with Crippen LogP contribution in [0.1, 0.15) is 24.6 Å². The van der Waals surface area contributed by atoms with Crippen molar-refractivity contribution < 1.29 is 18.1 Å². The summed E-state index contributed by atoms with van der Waals surface area (Å²) in [5.41, 5.74) is 2.73. The fourth-order valence-electron chi connectivity index (χ4n) is 2.82. The van der Waals surface area contributed by atoms with E-state index in [1.807, 2.05) is 0 Å². The van der Waals surface area contributed by atoms with Crippen LogP contribution in [0.4, 0.5) is 10.1 Å². The molecular weight excluding hydrogens is 363 g/mol. The summed E-state index contributed by atoms with van der Waals surface area (Å²) in [6.45, 7) is 1.78. The van der Waals surface area contributed by atoms with E-state index in [1.54, 1.807) is 37.3 Å². The minimum absolute atomic E-state index is 0.113. The second kappa shape index (κ2) is 7.59. The number of halogens is 1. The number of aromatic nitrogens is 3. The average Bonchev–Trinajstić information content (AvgIpc) is 3.28. The molecule has 1 amide bonds. The summed E-state index contributed by atoms with van der Waals surface area (Å²) in [6, 6.07) is 11.2. The van der Waals surface area contributed by atoms with Crippen LogP contribution in [0.3, 0.4) is 0 Å². The maximum atomic E-state index is 13.0. The highest BCUT2D eigenvalue weighted by atomic mass is 19.1. The Morgan fingerprint density at radius 3 is 2.79 bits per heavy atom. The van der Waals surface area contributed by atoms with Crippen molar-refractivity contribution in [3.05, 3.63) is 60.1 Å². The number of rotatable bonds is 6. The van der Waals surface area contributed by atoms with Crippen LogP contribution in [0.15, 0.2) is 51.4 Å². The Morgan fingerprint density at radius 2 is 1.96 bits per heavy atom. The molecule has 0 aliphatic carbocycles. The molecule has 0 bridgehead atoms. The van der Waals surface area contributed by atoms with Gasteiger partial charge in [-0.15, -0.1) is 0 Å². The Kier molecular flexibility index (Phi) is 4.84. The molecule has 0 saturated heterocycles. The lowest BCUT2D eigenvalue weighted by molar-refractivity contribution is -0.116. The second-order valence-corrected chi connectivity index (χ2v) is 6.34. The molecule has 4 rings (SSSR count). The smallest absolute Gasteiger partial charge is 0.226 e. The zero-order valence-electron chi connectivity index (χ0n) is 15.1. The number of carbonyl (C=O) groups is 1. The predicted molar refractivity (Wildman–Crippen MR) is 100 cm³/mol. The van der Waals surface area contributed by atoms with Crippen LogP contribution in [0.25, 0.3) is 22.5 Å². The largest absolute Gasteiger partial charge is 0.441 e. The van der Waals surface area contributed by atoms with Crippen LogP contribution in [0.2, 0.25) is 0 Å². The maximum Gasteiger partial charge on any atom is 0.226 e. The number of benzene rings is 2. The van der Waals surface area contributed by atoms with E-state index in [4.69, 9.17) is 8.94 Å². The molecule has 0 fully saturated rings. The molecule has 7 nitrogen and oxygen atoms in total. The molecule has 2 aromatic carbocycles. The van der Waals surface area contributed by atoms with Crippen LogP contribution >= 0.6 is 0 Å². The Morgan fingerprint density at radius 1 is 1.14 bits per heavy atom. The van der Waals surface area contributed by atoms with E-state index in [-0.39, 0.29) is 11.7 Å². The van der Waals surface area contributed by atoms with Gasteiger partial charge in [-0.2, -0.15) is 4.98 Å². The highest BCUT2D eigenvalue weighted by Crippen LogP contribution is 2.20. The average molecular weight is 380 g/mol. The molecule has 0 atom stereocenters. The zero-order valence-corrected chi connectivity index (χ0v) is 15.1. The third-order valence-corrected chi connectivity index (χ3v) is 4.14. The Bertz CT molecular complexity index is 1120. The SMILES string of the molecule is Cc1nc2cc(NC(=O)CCCc3nc(-c4ccc(F)cc4)no3)ccc2o1. The number of amides is 1. The maximum absolute atomic E-state index is 13.0. The van der Waals surface area contributed by atoms with Crippen molar-refractivity contribution in [1.29, 1.82) is 0 Å². The van der Waals surface area contributed by atoms with Crippen molar-refractivity contribution in [2.75, 3.05) is 5.32 Å². The van der Waals surface area contributed by atoms with Crippen LogP contribution in [-0.2, 0) is 11.2 Å². The van der Waals surface area contributed by atoms with Gasteiger partial charge in [-0.05, 0) is 48.9 Å². The molecule has 28 heavy (non-hydrogen) atoms. The minimum atomic E-state index is -0.323. The number of carbonyl (C=O) groups excluding carboxylic acids is 1. The number of aryl methyl sites for hydroxylation is 2. The molecule has 8 heteroatoms. The molecule has 0 aliphatic rings. The van der Waals surface area contributed by atoms with Gasteiger partial charge in [0.2, 0.25) is 17.6 Å². The molecule has 0 radical (unpaired) electrons. The first-order valence-corrected chi connectivity index (χ1v) is 8.82. The first-order chi connectivity index (χ1) is 13.6. The van der Waals surface area contributed by atoms with Crippen molar-refractivity contribution in [3.8, 4) is 11.4 Å². The van der Waals surface area contributed by atoms with Gasteiger partial charge >= 0.3 is 0 Å². The van der Waals surface area contributed by atoms with Crippen LogP contribution in [-0.4, -0.2) is 21.0 Å². The van der Waals surface area contributed by atoms with E-state index in [0.29, 0.717) is 59.2 Å². The van der Waals surface area contributed by atoms with Gasteiger partial charge in [-0.1, -0.05) is 5.16 Å². The Balaban J connectivity index is 1.29. The zero-order chi connectivity index (χ0) is 19.5. The number of anilines is 1. The number of oxazole rings is 1. The lowest BCUT2D eigenvalue weighted by Gasteiger charge is -2.04. The molecule has 4 aromatic rings. The number of nitrogens with one attached hydrogen (secondary N) is 1. The van der Waals surface area contributed by atoms with E-state index in [0.717, 1.165) is 0 Å². The summed E-state index contributed by atoms with van der Waals surface area (Å²) in [7, 11) is 0. The lowest BCUT2D eigenvalue weighted by atomic mass is 10.2. The first kappa shape index (κ1) is 17.8. The predicted octanol–water partition coefficient (Wildman–Crippen LogP) is 4.29. The van der Waals surface area contributed by atoms with Gasteiger partial charge in [0.25, 0.3) is 0 Å². The van der Waals surface area contributed by atoms with Gasteiger partial charge in [0.05, 0.1) is 0 Å². The van der Waals surface area contributed by atoms with Gasteiger partial charge in [0.15, 0.2) is 11.5 Å². The van der Waals surface area contributed by atoms with Gasteiger partial charge in [-0.3, -0.25) is 4.79 Å². The van der Waals surface area contributed by atoms with Crippen molar-refractivity contribution in [1.82, 2.24) is 15.1 Å². The van der Waals surface area contributed by atoms with Gasteiger partial charge in [0, 0.05) is 31.0 Å². The third-order valence-electron chi connectivity index (χ3n) is 4.14. The van der Waals surface area contributed by atoms with Crippen molar-refractivity contribution in [2.45, 2.75) is 26.2 Å². The van der Waals surface area contributed by atoms with Gasteiger partial charge < -0.3 is 14.3 Å². The van der Waals surface area contributed by atoms with Crippen LogP contribution in [0, 0.1) is 12.7 Å². The summed E-state index contributed by atoms with van der Waals surface area (Å²) in [6.07, 6.45) is 1.34. The summed E-state index contributed by atoms with van der Waals surface area (Å²) in [4.78, 5) is 20.7. The van der Waals surface area contributed by atoms with Gasteiger partial charge in [0.1, 0.15) is 11.3 Å². The topological polar surface area (TPSA) is 94.1 Å². The van der Waals surface area contributed by atoms with E-state index >= 15 is 0 Å². The van der Waals surface area contributed by atoms with Crippen LogP contribution < -0.4 is 5.32 Å². The van der Waals surface area contributed by atoms with E-state index < -0.39 is 0 Å². The molecule has 0 spiro atoms. The fourth-order valence-corrected chi connectivity index (χ4v) is 2.82. The highest BCUT2D eigenvalue weighted by Gasteiger charge is 2.11. The highest BCUT2D eigenvalue weighted by molar-refractivity contribution is 5.92. The van der Waals surface area contributed by atoms with Crippen LogP contribution in [0.5, 0.6) is 0 Å². The monoisotopic (exact) mass is 380 g/mol. The van der Waals surface area contributed by atoms with Gasteiger partial charge in [-0.25, -0.2) is 9.37 Å². The molecular formula is C20H17FN4O3. The summed E-state index contributed by atoms with van der Waals surface area (Å²) < 4.78 is 23.6. The molecule has 0 aliphatic heterocycles.